The van der Waals surface area contributed by atoms with Crippen molar-refractivity contribution < 1.29 is 0 Å². The van der Waals surface area contributed by atoms with Crippen molar-refractivity contribution in [2.24, 2.45) is 0 Å². The van der Waals surface area contributed by atoms with Crippen molar-refractivity contribution in [3.63, 3.8) is 0 Å². The van der Waals surface area contributed by atoms with Gasteiger partial charge in [0.05, 0.1) is 33.1 Å². The molecule has 0 aliphatic carbocycles. The van der Waals surface area contributed by atoms with Crippen LogP contribution in [0.5, 0.6) is 0 Å². The Labute approximate surface area is 552 Å². The van der Waals surface area contributed by atoms with E-state index >= 15 is 0 Å². The summed E-state index contributed by atoms with van der Waals surface area (Å²) in [5.41, 5.74) is 10.6. The highest BCUT2D eigenvalue weighted by molar-refractivity contribution is 7.20. The quantitative estimate of drug-likeness (QED) is 0.0854. The number of fused-ring (bicyclic) bond motifs is 10. The third-order valence-corrected chi connectivity index (χ3v) is 29.2. The summed E-state index contributed by atoms with van der Waals surface area (Å²) < 4.78 is 6.98. The van der Waals surface area contributed by atoms with Crippen molar-refractivity contribution in [3.8, 4) is 40.1 Å². The highest BCUT2D eigenvalue weighted by atomic mass is 28.3. The summed E-state index contributed by atoms with van der Waals surface area (Å²) in [5, 5.41) is 17.1. The fraction of sp³-hybridized carbons (Fsp3) is 0. The first-order valence-corrected chi connectivity index (χ1v) is 36.5. The summed E-state index contributed by atoms with van der Waals surface area (Å²) in [7, 11) is -5.98. The first-order valence-electron chi connectivity index (χ1n) is 32.5. The van der Waals surface area contributed by atoms with E-state index in [0.717, 1.165) is 76.7 Å². The fourth-order valence-electron chi connectivity index (χ4n) is 15.5. The molecule has 18 rings (SSSR count). The molecule has 0 N–H and O–H groups in total. The van der Waals surface area contributed by atoms with Gasteiger partial charge >= 0.3 is 0 Å². The smallest absolute Gasteiger partial charge is 0.240 e. The van der Waals surface area contributed by atoms with E-state index in [2.05, 4.69) is 378 Å². The second kappa shape index (κ2) is 22.9. The molecule has 0 radical (unpaired) electrons. The lowest BCUT2D eigenvalue weighted by molar-refractivity contribution is 0.894. The van der Waals surface area contributed by atoms with Crippen LogP contribution < -0.4 is 41.5 Å². The van der Waals surface area contributed by atoms with Crippen LogP contribution in [0, 0.1) is 0 Å². The third kappa shape index (κ3) is 8.87. The van der Waals surface area contributed by atoms with Crippen molar-refractivity contribution in [2.45, 2.75) is 0 Å². The van der Waals surface area contributed by atoms with Gasteiger partial charge in [-0.25, -0.2) is 0 Å². The van der Waals surface area contributed by atoms with Gasteiger partial charge in [-0.15, -0.1) is 0 Å². The van der Waals surface area contributed by atoms with Crippen LogP contribution in [0.15, 0.2) is 364 Å². The Balaban J connectivity index is 0.912. The Morgan fingerprint density at radius 1 is 0.211 bits per heavy atom. The van der Waals surface area contributed by atoms with E-state index in [1.165, 1.54) is 52.6 Å². The van der Waals surface area contributed by atoms with Gasteiger partial charge in [-0.3, -0.25) is 9.13 Å². The van der Waals surface area contributed by atoms with Gasteiger partial charge in [-0.05, 0) is 95.1 Å². The maximum Gasteiger partial charge on any atom is 0.240 e. The van der Waals surface area contributed by atoms with E-state index in [-0.39, 0.29) is 0 Å². The lowest BCUT2D eigenvalue weighted by Gasteiger charge is -2.34. The Bertz CT molecular complexity index is 5740. The summed E-state index contributed by atoms with van der Waals surface area (Å²) in [6.07, 6.45) is 0. The van der Waals surface area contributed by atoms with Crippen LogP contribution in [-0.4, -0.2) is 44.8 Å². The minimum Gasteiger partial charge on any atom is -0.309 e. The molecule has 0 atom stereocenters. The minimum atomic E-state index is -3.03. The van der Waals surface area contributed by atoms with Crippen LogP contribution in [0.1, 0.15) is 0 Å². The summed E-state index contributed by atoms with van der Waals surface area (Å²) in [5.74, 6) is 1.60. The molecule has 0 fully saturated rings. The van der Waals surface area contributed by atoms with E-state index in [9.17, 15) is 0 Å². The first kappa shape index (κ1) is 55.7. The zero-order chi connectivity index (χ0) is 62.9. The third-order valence-electron chi connectivity index (χ3n) is 19.6. The van der Waals surface area contributed by atoms with E-state index in [1.54, 1.807) is 0 Å². The summed E-state index contributed by atoms with van der Waals surface area (Å²) >= 11 is 0. The molecule has 4 aromatic heterocycles. The molecular formula is C87H60N6Si2. The maximum atomic E-state index is 5.83. The van der Waals surface area contributed by atoms with Crippen LogP contribution in [0.4, 0.5) is 0 Å². The molecule has 0 saturated carbocycles. The topological polar surface area (TPSA) is 53.5 Å². The normalized spacial score (nSPS) is 12.0. The number of hydrogen-bond donors (Lipinski definition) is 0. The second-order valence-electron chi connectivity index (χ2n) is 24.6. The molecule has 0 aliphatic rings. The molecule has 0 spiro atoms. The van der Waals surface area contributed by atoms with Crippen molar-refractivity contribution in [2.75, 3.05) is 0 Å². The van der Waals surface area contributed by atoms with Gasteiger partial charge in [0.25, 0.3) is 0 Å². The SMILES string of the molecule is c1ccc(-c2cccc([Si](c3ccccc3)(c3ccccc3)c3ccc(-c4nc(-n5c6ccccc6c6cc([Si](c7ccccc7)(c7ccccc7)c7ccccc7)ccc65)nc(-n5c6ccccc6c6ccc7c(c8ccccc8n7-c7ccccc7)c65)n4)cc3)c2)cc1. The molecule has 18 aromatic rings. The lowest BCUT2D eigenvalue weighted by atomic mass is 10.1. The average molecular weight is 1250 g/mol. The Morgan fingerprint density at radius 2 is 0.589 bits per heavy atom. The summed E-state index contributed by atoms with van der Waals surface area (Å²) in [6.45, 7) is 0. The monoisotopic (exact) mass is 1240 g/mol. The molecule has 8 heteroatoms. The second-order valence-corrected chi connectivity index (χ2v) is 32.2. The van der Waals surface area contributed by atoms with Gasteiger partial charge in [0, 0.05) is 43.6 Å². The zero-order valence-corrected chi connectivity index (χ0v) is 53.8. The zero-order valence-electron chi connectivity index (χ0n) is 51.8. The van der Waals surface area contributed by atoms with Crippen LogP contribution in [-0.2, 0) is 0 Å². The fourth-order valence-corrected chi connectivity index (χ4v) is 25.1. The number of hydrogen-bond acceptors (Lipinski definition) is 3. The highest BCUT2D eigenvalue weighted by Crippen LogP contribution is 2.42. The van der Waals surface area contributed by atoms with E-state index in [0.29, 0.717) is 17.7 Å². The Hall–Kier alpha value is -12.1. The van der Waals surface area contributed by atoms with E-state index < -0.39 is 16.1 Å². The summed E-state index contributed by atoms with van der Waals surface area (Å²) in [4.78, 5) is 17.3. The minimum absolute atomic E-state index is 0.519. The molecule has 14 aromatic carbocycles. The highest BCUT2D eigenvalue weighted by Gasteiger charge is 2.43. The van der Waals surface area contributed by atoms with Crippen molar-refractivity contribution in [1.29, 1.82) is 0 Å². The first-order chi connectivity index (χ1) is 47.1. The molecule has 0 bridgehead atoms. The van der Waals surface area contributed by atoms with Crippen LogP contribution in [0.2, 0.25) is 0 Å². The van der Waals surface area contributed by atoms with Gasteiger partial charge in [-0.1, -0.05) is 322 Å². The molecule has 0 unspecified atom stereocenters. The van der Waals surface area contributed by atoms with Gasteiger partial charge in [0.1, 0.15) is 0 Å². The number of para-hydroxylation sites is 4. The molecule has 0 amide bonds. The maximum absolute atomic E-state index is 5.83. The van der Waals surface area contributed by atoms with E-state index in [1.807, 2.05) is 0 Å². The summed E-state index contributed by atoms with van der Waals surface area (Å²) in [6, 6.07) is 134. The van der Waals surface area contributed by atoms with Gasteiger partial charge in [0.15, 0.2) is 22.0 Å². The number of nitrogens with zero attached hydrogens (tertiary/aromatic N) is 6. The number of benzene rings is 14. The Morgan fingerprint density at radius 3 is 1.14 bits per heavy atom. The molecular weight excluding hydrogens is 1190 g/mol. The molecule has 0 saturated heterocycles. The van der Waals surface area contributed by atoms with Gasteiger partial charge in [0.2, 0.25) is 11.9 Å². The van der Waals surface area contributed by atoms with Crippen LogP contribution in [0.25, 0.3) is 106 Å². The predicted molar refractivity (Wildman–Crippen MR) is 401 cm³/mol. The van der Waals surface area contributed by atoms with Crippen LogP contribution in [0.3, 0.4) is 0 Å². The van der Waals surface area contributed by atoms with Gasteiger partial charge in [-0.2, -0.15) is 15.0 Å². The molecule has 6 nitrogen and oxygen atoms in total. The predicted octanol–water partition coefficient (Wildman–Crippen LogP) is 15.3. The van der Waals surface area contributed by atoms with Crippen molar-refractivity contribution in [1.82, 2.24) is 28.7 Å². The van der Waals surface area contributed by atoms with Crippen molar-refractivity contribution >= 4 is 123 Å². The molecule has 4 heterocycles. The Kier molecular flexibility index (Phi) is 13.5. The average Bonchev–Trinajstić information content (AvgIpc) is 1.58. The largest absolute Gasteiger partial charge is 0.309 e. The lowest BCUT2D eigenvalue weighted by Crippen LogP contribution is -2.74. The van der Waals surface area contributed by atoms with E-state index in [4.69, 9.17) is 15.0 Å². The molecule has 95 heavy (non-hydrogen) atoms. The van der Waals surface area contributed by atoms with Crippen molar-refractivity contribution in [3.05, 3.63) is 364 Å². The van der Waals surface area contributed by atoms with Crippen LogP contribution >= 0.6 is 0 Å². The number of aromatic nitrogens is 6. The number of rotatable bonds is 13. The molecule has 0 aliphatic heterocycles. The molecule has 446 valence electrons. The standard InChI is InChI=1S/C87H60N6Si2/c1-8-29-61(30-9-1)63-31-28-44-71(59-63)95(68-40-18-6-19-41-68,69-42-20-7-21-43-69)70-53-51-62(52-54-70)85-88-86(90-87(89-85)93-79-49-26-22-45-73(79)75-56-58-82-83(84(75)93)76-47-24-27-50-80(76)91(82)64-32-10-2-11-33-64)92-78-48-25-23-46-74(78)77-60-72(55-57-81(77)92)94(65-34-12-3-13-35-65,66-36-14-4-15-37-66)67-38-16-5-17-39-67/h1-60H. The van der Waals surface area contributed by atoms with Gasteiger partial charge < -0.3 is 4.57 Å².